The van der Waals surface area contributed by atoms with Crippen molar-refractivity contribution in [2.24, 2.45) is 0 Å². The van der Waals surface area contributed by atoms with Crippen molar-refractivity contribution in [3.63, 3.8) is 0 Å². The van der Waals surface area contributed by atoms with Gasteiger partial charge in [-0.3, -0.25) is 9.59 Å². The van der Waals surface area contributed by atoms with Gasteiger partial charge in [-0.1, -0.05) is 6.92 Å². The van der Waals surface area contributed by atoms with Gasteiger partial charge in [0.2, 0.25) is 5.78 Å². The number of ether oxygens (including phenoxy) is 1. The number of carbonyl (C=O) groups is 3. The summed E-state index contributed by atoms with van der Waals surface area (Å²) in [5, 5.41) is 0. The number of Topliss-reactive ketones (excluding diaryl/α,β-unsaturated/α-hetero) is 2. The van der Waals surface area contributed by atoms with Gasteiger partial charge >= 0.3 is 5.97 Å². The van der Waals surface area contributed by atoms with Crippen LogP contribution in [0.1, 0.15) is 19.8 Å². The van der Waals surface area contributed by atoms with Crippen LogP contribution < -0.4 is 0 Å². The van der Waals surface area contributed by atoms with Crippen molar-refractivity contribution < 1.29 is 19.1 Å². The summed E-state index contributed by atoms with van der Waals surface area (Å²) in [5.74, 6) is -1.98. The van der Waals surface area contributed by atoms with Gasteiger partial charge in [-0.15, -0.1) is 0 Å². The summed E-state index contributed by atoms with van der Waals surface area (Å²) in [7, 11) is 1.11. The van der Waals surface area contributed by atoms with Gasteiger partial charge in [-0.05, 0) is 0 Å². The van der Waals surface area contributed by atoms with Gasteiger partial charge in [0.1, 0.15) is 5.78 Å². The Morgan fingerprint density at radius 2 is 1.82 bits per heavy atom. The summed E-state index contributed by atoms with van der Waals surface area (Å²) in [6, 6.07) is 0. The Bertz CT molecular complexity index is 183. The second kappa shape index (κ2) is 4.60. The van der Waals surface area contributed by atoms with E-state index in [4.69, 9.17) is 0 Å². The van der Waals surface area contributed by atoms with Crippen LogP contribution in [0.15, 0.2) is 0 Å². The SMILES string of the molecule is CCC(=O)CC(=O)C(=O)OC. The van der Waals surface area contributed by atoms with Crippen LogP contribution in [0.5, 0.6) is 0 Å². The smallest absolute Gasteiger partial charge is 0.374 e. The van der Waals surface area contributed by atoms with Gasteiger partial charge in [0.25, 0.3) is 0 Å². The van der Waals surface area contributed by atoms with E-state index in [0.29, 0.717) is 0 Å². The van der Waals surface area contributed by atoms with Gasteiger partial charge in [-0.2, -0.15) is 0 Å². The molecule has 0 saturated heterocycles. The largest absolute Gasteiger partial charge is 0.463 e. The Balaban J connectivity index is 3.88. The number of hydrogen-bond donors (Lipinski definition) is 0. The van der Waals surface area contributed by atoms with Crippen LogP contribution in [0.3, 0.4) is 0 Å². The molecule has 0 aromatic heterocycles. The second-order valence-electron chi connectivity index (χ2n) is 1.98. The number of esters is 1. The van der Waals surface area contributed by atoms with Crippen molar-refractivity contribution in [1.82, 2.24) is 0 Å². The third-order valence-corrected chi connectivity index (χ3v) is 1.17. The quantitative estimate of drug-likeness (QED) is 0.330. The molecule has 0 rings (SSSR count). The molecule has 0 saturated carbocycles. The van der Waals surface area contributed by atoms with Crippen LogP contribution in [0.4, 0.5) is 0 Å². The van der Waals surface area contributed by atoms with Gasteiger partial charge in [0.05, 0.1) is 13.5 Å². The molecule has 0 radical (unpaired) electrons. The lowest BCUT2D eigenvalue weighted by atomic mass is 10.2. The maximum atomic E-state index is 10.6. The van der Waals surface area contributed by atoms with E-state index in [2.05, 4.69) is 4.74 Å². The summed E-state index contributed by atoms with van der Waals surface area (Å²) in [4.78, 5) is 31.7. The molecule has 0 fully saturated rings. The third kappa shape index (κ3) is 3.50. The summed E-state index contributed by atoms with van der Waals surface area (Å²) < 4.78 is 4.12. The second-order valence-corrected chi connectivity index (χ2v) is 1.98. The highest BCUT2D eigenvalue weighted by atomic mass is 16.5. The van der Waals surface area contributed by atoms with Crippen LogP contribution in [-0.4, -0.2) is 24.6 Å². The van der Waals surface area contributed by atoms with Crippen LogP contribution in [-0.2, 0) is 19.1 Å². The molecule has 0 bridgehead atoms. The number of hydrogen-bond acceptors (Lipinski definition) is 4. The molecule has 0 unspecified atom stereocenters. The standard InChI is InChI=1S/C7H10O4/c1-3-5(8)4-6(9)7(10)11-2/h3-4H2,1-2H3. The molecule has 4 heteroatoms. The molecule has 0 aliphatic carbocycles. The predicted molar refractivity (Wildman–Crippen MR) is 36.9 cm³/mol. The van der Waals surface area contributed by atoms with Crippen molar-refractivity contribution in [2.75, 3.05) is 7.11 Å². The number of carbonyl (C=O) groups excluding carboxylic acids is 3. The van der Waals surface area contributed by atoms with E-state index in [9.17, 15) is 14.4 Å². The number of rotatable bonds is 4. The molecule has 0 aromatic rings. The first-order valence-electron chi connectivity index (χ1n) is 3.24. The maximum Gasteiger partial charge on any atom is 0.374 e. The van der Waals surface area contributed by atoms with E-state index in [1.807, 2.05) is 0 Å². The van der Waals surface area contributed by atoms with E-state index in [1.165, 1.54) is 0 Å². The van der Waals surface area contributed by atoms with Crippen molar-refractivity contribution in [2.45, 2.75) is 19.8 Å². The zero-order valence-electron chi connectivity index (χ0n) is 6.55. The molecule has 0 spiro atoms. The van der Waals surface area contributed by atoms with E-state index in [0.717, 1.165) is 7.11 Å². The van der Waals surface area contributed by atoms with E-state index < -0.39 is 11.8 Å². The average molecular weight is 158 g/mol. The lowest BCUT2D eigenvalue weighted by Crippen LogP contribution is -2.18. The third-order valence-electron chi connectivity index (χ3n) is 1.17. The van der Waals surface area contributed by atoms with Crippen LogP contribution in [0.25, 0.3) is 0 Å². The Kier molecular flexibility index (Phi) is 4.10. The first-order valence-corrected chi connectivity index (χ1v) is 3.24. The predicted octanol–water partition coefficient (Wildman–Crippen LogP) is 0.0977. The van der Waals surface area contributed by atoms with Crippen LogP contribution in [0, 0.1) is 0 Å². The van der Waals surface area contributed by atoms with Gasteiger partial charge in [0, 0.05) is 6.42 Å². The fourth-order valence-electron chi connectivity index (χ4n) is 0.490. The topological polar surface area (TPSA) is 60.4 Å². The Labute approximate surface area is 64.5 Å². The highest BCUT2D eigenvalue weighted by Crippen LogP contribution is 1.91. The minimum absolute atomic E-state index is 0.250. The highest BCUT2D eigenvalue weighted by molar-refractivity contribution is 6.37. The molecular weight excluding hydrogens is 148 g/mol. The van der Waals surface area contributed by atoms with Crippen molar-refractivity contribution in [3.8, 4) is 0 Å². The normalized spacial score (nSPS) is 8.91. The van der Waals surface area contributed by atoms with Crippen molar-refractivity contribution in [3.05, 3.63) is 0 Å². The fourth-order valence-corrected chi connectivity index (χ4v) is 0.490. The molecule has 0 aliphatic heterocycles. The molecule has 0 N–H and O–H groups in total. The van der Waals surface area contributed by atoms with E-state index >= 15 is 0 Å². The summed E-state index contributed by atoms with van der Waals surface area (Å²) in [5.41, 5.74) is 0. The Hall–Kier alpha value is -1.19. The van der Waals surface area contributed by atoms with Crippen LogP contribution in [0.2, 0.25) is 0 Å². The number of methoxy groups -OCH3 is 1. The summed E-state index contributed by atoms with van der Waals surface area (Å²) in [6.07, 6.45) is -0.0775. The number of ketones is 2. The summed E-state index contributed by atoms with van der Waals surface area (Å²) in [6.45, 7) is 1.63. The van der Waals surface area contributed by atoms with Gasteiger partial charge < -0.3 is 4.74 Å². The molecule has 62 valence electrons. The van der Waals surface area contributed by atoms with E-state index in [1.54, 1.807) is 6.92 Å². The zero-order chi connectivity index (χ0) is 8.85. The Morgan fingerprint density at radius 3 is 2.18 bits per heavy atom. The molecule has 0 heterocycles. The summed E-state index contributed by atoms with van der Waals surface area (Å²) >= 11 is 0. The van der Waals surface area contributed by atoms with Gasteiger partial charge in [0.15, 0.2) is 0 Å². The first-order chi connectivity index (χ1) is 5.11. The minimum atomic E-state index is -0.952. The molecular formula is C7H10O4. The Morgan fingerprint density at radius 1 is 1.27 bits per heavy atom. The van der Waals surface area contributed by atoms with Gasteiger partial charge in [-0.25, -0.2) is 4.79 Å². The monoisotopic (exact) mass is 158 g/mol. The molecule has 4 nitrogen and oxygen atoms in total. The molecule has 0 amide bonds. The molecule has 0 aromatic carbocycles. The lowest BCUT2D eigenvalue weighted by Gasteiger charge is -1.95. The minimum Gasteiger partial charge on any atom is -0.463 e. The van der Waals surface area contributed by atoms with Crippen molar-refractivity contribution >= 4 is 17.5 Å². The van der Waals surface area contributed by atoms with Crippen LogP contribution >= 0.6 is 0 Å². The first kappa shape index (κ1) is 9.81. The van der Waals surface area contributed by atoms with E-state index in [-0.39, 0.29) is 18.6 Å². The van der Waals surface area contributed by atoms with Crippen molar-refractivity contribution in [1.29, 1.82) is 0 Å². The molecule has 0 atom stereocenters. The lowest BCUT2D eigenvalue weighted by molar-refractivity contribution is -0.152. The fraction of sp³-hybridized carbons (Fsp3) is 0.571. The highest BCUT2D eigenvalue weighted by Gasteiger charge is 2.16. The maximum absolute atomic E-state index is 10.6. The molecule has 11 heavy (non-hydrogen) atoms. The average Bonchev–Trinajstić information content (AvgIpc) is 2.02. The molecule has 0 aliphatic rings. The zero-order valence-corrected chi connectivity index (χ0v) is 6.55.